The Morgan fingerprint density at radius 1 is 1.28 bits per heavy atom. The first-order chi connectivity index (χ1) is 8.49. The Balaban J connectivity index is 2.00. The van der Waals surface area contributed by atoms with Crippen molar-refractivity contribution in [1.82, 2.24) is 9.21 Å². The van der Waals surface area contributed by atoms with Crippen molar-refractivity contribution in [2.24, 2.45) is 0 Å². The van der Waals surface area contributed by atoms with Gasteiger partial charge in [-0.25, -0.2) is 12.7 Å². The van der Waals surface area contributed by atoms with Crippen LogP contribution in [-0.2, 0) is 21.4 Å². The molecule has 1 aliphatic rings. The molecule has 0 unspecified atom stereocenters. The van der Waals surface area contributed by atoms with E-state index in [0.717, 1.165) is 9.87 Å². The maximum absolute atomic E-state index is 11.6. The molecule has 1 aliphatic heterocycles. The average Bonchev–Trinajstić information content (AvgIpc) is 2.57. The third kappa shape index (κ3) is 2.88. The van der Waals surface area contributed by atoms with Crippen LogP contribution in [0.25, 0.3) is 0 Å². The number of rotatable bonds is 4. The smallest absolute Gasteiger partial charge is 0.239 e. The van der Waals surface area contributed by atoms with Gasteiger partial charge in [0.25, 0.3) is 0 Å². The molecule has 1 fully saturated rings. The van der Waals surface area contributed by atoms with E-state index in [-0.39, 0.29) is 24.7 Å². The molecule has 1 aromatic carbocycles. The lowest BCUT2D eigenvalue weighted by molar-refractivity contribution is -0.126. The number of hydrogen-bond acceptors (Lipinski definition) is 4. The van der Waals surface area contributed by atoms with Gasteiger partial charge < -0.3 is 0 Å². The summed E-state index contributed by atoms with van der Waals surface area (Å²) in [6.07, 6.45) is 0.0987. The van der Waals surface area contributed by atoms with Gasteiger partial charge in [-0.2, -0.15) is 0 Å². The fourth-order valence-electron chi connectivity index (χ4n) is 1.94. The predicted molar refractivity (Wildman–Crippen MR) is 68.0 cm³/mol. The molecule has 0 saturated carbocycles. The van der Waals surface area contributed by atoms with Crippen LogP contribution in [0.3, 0.4) is 0 Å². The Kier molecular flexibility index (Phi) is 3.68. The Morgan fingerprint density at radius 3 is 2.50 bits per heavy atom. The molecule has 0 spiro atoms. The van der Waals surface area contributed by atoms with Crippen molar-refractivity contribution >= 4 is 15.9 Å². The highest BCUT2D eigenvalue weighted by atomic mass is 32.2. The van der Waals surface area contributed by atoms with Crippen LogP contribution in [-0.4, -0.2) is 43.0 Å². The second-order valence-corrected chi connectivity index (χ2v) is 6.46. The van der Waals surface area contributed by atoms with Crippen LogP contribution >= 0.6 is 0 Å². The fraction of sp³-hybridized carbons (Fsp3) is 0.417. The first-order valence-electron chi connectivity index (χ1n) is 5.75. The van der Waals surface area contributed by atoms with Crippen molar-refractivity contribution in [3.63, 3.8) is 0 Å². The minimum absolute atomic E-state index is 0.0645. The molecule has 0 aromatic heterocycles. The van der Waals surface area contributed by atoms with E-state index in [0.29, 0.717) is 6.54 Å². The maximum Gasteiger partial charge on any atom is 0.239 e. The minimum atomic E-state index is -3.38. The van der Waals surface area contributed by atoms with Crippen molar-refractivity contribution in [1.29, 1.82) is 0 Å². The van der Waals surface area contributed by atoms with Crippen molar-refractivity contribution in [3.8, 4) is 0 Å². The van der Waals surface area contributed by atoms with E-state index in [1.165, 1.54) is 0 Å². The summed E-state index contributed by atoms with van der Waals surface area (Å²) < 4.78 is 24.2. The third-order valence-corrected chi connectivity index (χ3v) is 4.56. The number of carbonyl (C=O) groups is 1. The van der Waals surface area contributed by atoms with Gasteiger partial charge in [0.15, 0.2) is 0 Å². The summed E-state index contributed by atoms with van der Waals surface area (Å²) in [6.45, 7) is 0.732. The van der Waals surface area contributed by atoms with Crippen LogP contribution in [0.4, 0.5) is 0 Å². The summed E-state index contributed by atoms with van der Waals surface area (Å²) in [4.78, 5) is 13.3. The Bertz CT molecular complexity index is 528. The molecule has 0 radical (unpaired) electrons. The van der Waals surface area contributed by atoms with Crippen molar-refractivity contribution in [3.05, 3.63) is 35.9 Å². The van der Waals surface area contributed by atoms with Gasteiger partial charge in [0.1, 0.15) is 0 Å². The first kappa shape index (κ1) is 13.0. The molecule has 5 nitrogen and oxygen atoms in total. The summed E-state index contributed by atoms with van der Waals surface area (Å²) in [5.74, 6) is -0.375. The molecule has 2 rings (SSSR count). The normalized spacial score (nSPS) is 18.6. The topological polar surface area (TPSA) is 57.7 Å². The Hall–Kier alpha value is -1.40. The molecule has 0 bridgehead atoms. The molecule has 0 aliphatic carbocycles. The Morgan fingerprint density at radius 2 is 1.94 bits per heavy atom. The average molecular weight is 268 g/mol. The van der Waals surface area contributed by atoms with Gasteiger partial charge in [-0.15, -0.1) is 0 Å². The molecule has 1 heterocycles. The molecule has 1 aromatic rings. The van der Waals surface area contributed by atoms with Gasteiger partial charge in [-0.3, -0.25) is 9.69 Å². The van der Waals surface area contributed by atoms with Crippen molar-refractivity contribution in [2.75, 3.05) is 19.5 Å². The lowest BCUT2D eigenvalue weighted by Crippen LogP contribution is -2.38. The standard InChI is InChI=1S/C12H16N2O3S/c1-13(9-11-5-3-2-4-6-11)10-14-12(15)7-8-18(14,16)17/h2-6H,7-10H2,1H3. The molecular formula is C12H16N2O3S. The molecule has 6 heteroatoms. The van der Waals surface area contributed by atoms with Crippen LogP contribution in [0.2, 0.25) is 0 Å². The van der Waals surface area contributed by atoms with Gasteiger partial charge in [0, 0.05) is 13.0 Å². The van der Waals surface area contributed by atoms with E-state index in [2.05, 4.69) is 0 Å². The number of hydrogen-bond donors (Lipinski definition) is 0. The maximum atomic E-state index is 11.6. The molecule has 1 amide bonds. The Labute approximate surface area is 107 Å². The quantitative estimate of drug-likeness (QED) is 0.804. The summed E-state index contributed by atoms with van der Waals surface area (Å²) in [5, 5.41) is 0. The molecule has 0 N–H and O–H groups in total. The second-order valence-electron chi connectivity index (χ2n) is 4.45. The van der Waals surface area contributed by atoms with E-state index in [4.69, 9.17) is 0 Å². The number of amides is 1. The van der Waals surface area contributed by atoms with E-state index < -0.39 is 10.0 Å². The van der Waals surface area contributed by atoms with E-state index in [1.807, 2.05) is 35.2 Å². The second kappa shape index (κ2) is 5.07. The van der Waals surface area contributed by atoms with Gasteiger partial charge >= 0.3 is 0 Å². The zero-order chi connectivity index (χ0) is 13.2. The van der Waals surface area contributed by atoms with Gasteiger partial charge in [0.05, 0.1) is 12.4 Å². The molecule has 98 valence electrons. The summed E-state index contributed by atoms with van der Waals surface area (Å²) >= 11 is 0. The van der Waals surface area contributed by atoms with Crippen LogP contribution in [0, 0.1) is 0 Å². The summed E-state index contributed by atoms with van der Waals surface area (Å²) in [5.41, 5.74) is 1.09. The van der Waals surface area contributed by atoms with Crippen LogP contribution < -0.4 is 0 Å². The van der Waals surface area contributed by atoms with E-state index in [1.54, 1.807) is 7.05 Å². The fourth-order valence-corrected chi connectivity index (χ4v) is 3.37. The zero-order valence-electron chi connectivity index (χ0n) is 10.2. The van der Waals surface area contributed by atoms with Crippen molar-refractivity contribution in [2.45, 2.75) is 13.0 Å². The number of carbonyl (C=O) groups excluding carboxylic acids is 1. The van der Waals surface area contributed by atoms with Gasteiger partial charge in [-0.05, 0) is 12.6 Å². The van der Waals surface area contributed by atoms with Crippen LogP contribution in [0.5, 0.6) is 0 Å². The molecular weight excluding hydrogens is 252 g/mol. The largest absolute Gasteiger partial charge is 0.284 e. The summed E-state index contributed by atoms with van der Waals surface area (Å²) in [6, 6.07) is 9.73. The molecule has 1 saturated heterocycles. The van der Waals surface area contributed by atoms with E-state index >= 15 is 0 Å². The van der Waals surface area contributed by atoms with Gasteiger partial charge in [-0.1, -0.05) is 30.3 Å². The highest BCUT2D eigenvalue weighted by molar-refractivity contribution is 7.90. The van der Waals surface area contributed by atoms with Crippen molar-refractivity contribution < 1.29 is 13.2 Å². The highest BCUT2D eigenvalue weighted by Crippen LogP contribution is 2.15. The zero-order valence-corrected chi connectivity index (χ0v) is 11.1. The monoisotopic (exact) mass is 268 g/mol. The predicted octanol–water partition coefficient (Wildman–Crippen LogP) is 0.638. The number of sulfonamides is 1. The third-order valence-electron chi connectivity index (χ3n) is 2.85. The van der Waals surface area contributed by atoms with Gasteiger partial charge in [0.2, 0.25) is 15.9 Å². The molecule has 0 atom stereocenters. The van der Waals surface area contributed by atoms with E-state index in [9.17, 15) is 13.2 Å². The van der Waals surface area contributed by atoms with Crippen LogP contribution in [0.15, 0.2) is 30.3 Å². The number of nitrogens with zero attached hydrogens (tertiary/aromatic N) is 2. The lowest BCUT2D eigenvalue weighted by Gasteiger charge is -2.23. The lowest BCUT2D eigenvalue weighted by atomic mass is 10.2. The summed E-state index contributed by atoms with van der Waals surface area (Å²) in [7, 11) is -1.58. The first-order valence-corrected chi connectivity index (χ1v) is 7.36. The van der Waals surface area contributed by atoms with Crippen LogP contribution in [0.1, 0.15) is 12.0 Å². The minimum Gasteiger partial charge on any atom is -0.284 e. The number of benzene rings is 1. The highest BCUT2D eigenvalue weighted by Gasteiger charge is 2.35. The SMILES string of the molecule is CN(Cc1ccccc1)CN1C(=O)CCS1(=O)=O. The molecule has 18 heavy (non-hydrogen) atoms.